The number of nitrogens with one attached hydrogen (secondary N) is 1. The Hall–Kier alpha value is -1.53. The summed E-state index contributed by atoms with van der Waals surface area (Å²) in [5.41, 5.74) is -0.841. The molecular formula is C13H6BrClF3NO. The van der Waals surface area contributed by atoms with Crippen molar-refractivity contribution in [3.05, 3.63) is 62.8 Å². The molecule has 0 bridgehead atoms. The van der Waals surface area contributed by atoms with Crippen LogP contribution in [0.15, 0.2) is 34.8 Å². The van der Waals surface area contributed by atoms with Gasteiger partial charge in [-0.3, -0.25) is 4.79 Å². The molecule has 1 amide bonds. The smallest absolute Gasteiger partial charge is 0.257 e. The zero-order valence-electron chi connectivity index (χ0n) is 9.68. The SMILES string of the molecule is O=C(Nc1c(F)cc(Br)cc1F)c1cccc(F)c1Cl. The fraction of sp³-hybridized carbons (Fsp3) is 0. The first-order valence-electron chi connectivity index (χ1n) is 5.30. The van der Waals surface area contributed by atoms with Crippen LogP contribution in [0.5, 0.6) is 0 Å². The number of carbonyl (C=O) groups is 1. The van der Waals surface area contributed by atoms with Gasteiger partial charge in [-0.05, 0) is 24.3 Å². The fourth-order valence-corrected chi connectivity index (χ4v) is 2.14. The molecule has 0 spiro atoms. The number of halogens is 5. The van der Waals surface area contributed by atoms with Crippen LogP contribution in [0.2, 0.25) is 5.02 Å². The molecule has 0 aromatic heterocycles. The number of anilines is 1. The zero-order valence-corrected chi connectivity index (χ0v) is 12.0. The summed E-state index contributed by atoms with van der Waals surface area (Å²) in [7, 11) is 0. The van der Waals surface area contributed by atoms with E-state index in [0.717, 1.165) is 18.2 Å². The van der Waals surface area contributed by atoms with E-state index >= 15 is 0 Å². The number of carbonyl (C=O) groups excluding carboxylic acids is 1. The zero-order chi connectivity index (χ0) is 14.9. The number of hydrogen-bond acceptors (Lipinski definition) is 1. The van der Waals surface area contributed by atoms with Gasteiger partial charge in [-0.1, -0.05) is 33.6 Å². The predicted molar refractivity (Wildman–Crippen MR) is 73.4 cm³/mol. The third-order valence-electron chi connectivity index (χ3n) is 2.44. The highest BCUT2D eigenvalue weighted by Crippen LogP contribution is 2.26. The Bertz CT molecular complexity index is 670. The van der Waals surface area contributed by atoms with E-state index in [9.17, 15) is 18.0 Å². The third-order valence-corrected chi connectivity index (χ3v) is 3.28. The van der Waals surface area contributed by atoms with E-state index in [0.29, 0.717) is 0 Å². The molecule has 0 aliphatic carbocycles. The Morgan fingerprint density at radius 3 is 2.30 bits per heavy atom. The van der Waals surface area contributed by atoms with Crippen LogP contribution >= 0.6 is 27.5 Å². The Balaban J connectivity index is 2.36. The molecular weight excluding hydrogens is 358 g/mol. The molecule has 0 atom stereocenters. The van der Waals surface area contributed by atoms with Crippen LogP contribution in [0.4, 0.5) is 18.9 Å². The monoisotopic (exact) mass is 363 g/mol. The second kappa shape index (κ2) is 5.85. The summed E-state index contributed by atoms with van der Waals surface area (Å²) in [5.74, 6) is -3.62. The standard InChI is InChI=1S/C13H6BrClF3NO/c14-6-4-9(17)12(10(18)5-6)19-13(20)7-2-1-3-8(16)11(7)15/h1-5H,(H,19,20). The lowest BCUT2D eigenvalue weighted by atomic mass is 10.2. The normalized spacial score (nSPS) is 10.4. The van der Waals surface area contributed by atoms with Crippen LogP contribution in [-0.2, 0) is 0 Å². The molecule has 1 N–H and O–H groups in total. The molecule has 0 radical (unpaired) electrons. The molecule has 20 heavy (non-hydrogen) atoms. The molecule has 0 aliphatic rings. The van der Waals surface area contributed by atoms with Gasteiger partial charge in [0, 0.05) is 4.47 Å². The van der Waals surface area contributed by atoms with Crippen molar-refractivity contribution < 1.29 is 18.0 Å². The first-order chi connectivity index (χ1) is 9.40. The summed E-state index contributed by atoms with van der Waals surface area (Å²) in [6.07, 6.45) is 0. The molecule has 0 aliphatic heterocycles. The minimum absolute atomic E-state index is 0.189. The lowest BCUT2D eigenvalue weighted by Gasteiger charge is -2.09. The summed E-state index contributed by atoms with van der Waals surface area (Å²) in [5, 5.41) is 1.62. The van der Waals surface area contributed by atoms with E-state index < -0.39 is 34.1 Å². The highest BCUT2D eigenvalue weighted by Gasteiger charge is 2.18. The molecule has 7 heteroatoms. The van der Waals surface area contributed by atoms with Crippen molar-refractivity contribution in [2.75, 3.05) is 5.32 Å². The summed E-state index contributed by atoms with van der Waals surface area (Å²) >= 11 is 8.54. The van der Waals surface area contributed by atoms with Crippen molar-refractivity contribution in [3.63, 3.8) is 0 Å². The van der Waals surface area contributed by atoms with E-state index in [1.54, 1.807) is 0 Å². The highest BCUT2D eigenvalue weighted by molar-refractivity contribution is 9.10. The number of benzene rings is 2. The molecule has 2 aromatic rings. The van der Waals surface area contributed by atoms with Crippen LogP contribution in [0.1, 0.15) is 10.4 Å². The molecule has 0 heterocycles. The van der Waals surface area contributed by atoms with E-state index in [-0.39, 0.29) is 10.0 Å². The first kappa shape index (κ1) is 14.9. The highest BCUT2D eigenvalue weighted by atomic mass is 79.9. The molecule has 0 fully saturated rings. The van der Waals surface area contributed by atoms with Crippen molar-refractivity contribution in [2.24, 2.45) is 0 Å². The molecule has 2 aromatic carbocycles. The lowest BCUT2D eigenvalue weighted by Crippen LogP contribution is -2.15. The lowest BCUT2D eigenvalue weighted by molar-refractivity contribution is 0.102. The maximum absolute atomic E-state index is 13.6. The second-order valence-corrected chi connectivity index (χ2v) is 5.09. The minimum Gasteiger partial charge on any atom is -0.317 e. The molecule has 2 rings (SSSR count). The largest absolute Gasteiger partial charge is 0.317 e. The molecule has 0 saturated heterocycles. The summed E-state index contributed by atoms with van der Waals surface area (Å²) in [6, 6.07) is 5.57. The van der Waals surface area contributed by atoms with Gasteiger partial charge in [0.25, 0.3) is 5.91 Å². The van der Waals surface area contributed by atoms with E-state index in [4.69, 9.17) is 11.6 Å². The quantitative estimate of drug-likeness (QED) is 0.817. The van der Waals surface area contributed by atoms with E-state index in [1.807, 2.05) is 5.32 Å². The molecule has 0 saturated carbocycles. The van der Waals surface area contributed by atoms with Crippen molar-refractivity contribution in [2.45, 2.75) is 0 Å². The summed E-state index contributed by atoms with van der Waals surface area (Å²) in [4.78, 5) is 11.9. The number of hydrogen-bond donors (Lipinski definition) is 1. The van der Waals surface area contributed by atoms with E-state index in [2.05, 4.69) is 15.9 Å². The summed E-state index contributed by atoms with van der Waals surface area (Å²) < 4.78 is 40.6. The van der Waals surface area contributed by atoms with Crippen LogP contribution in [-0.4, -0.2) is 5.91 Å². The Morgan fingerprint density at radius 1 is 1.10 bits per heavy atom. The second-order valence-electron chi connectivity index (χ2n) is 3.80. The maximum atomic E-state index is 13.6. The van der Waals surface area contributed by atoms with Crippen LogP contribution in [0.25, 0.3) is 0 Å². The minimum atomic E-state index is -0.960. The van der Waals surface area contributed by atoms with Crippen molar-refractivity contribution >= 4 is 39.1 Å². The van der Waals surface area contributed by atoms with Gasteiger partial charge in [-0.2, -0.15) is 0 Å². The van der Waals surface area contributed by atoms with Crippen molar-refractivity contribution in [1.29, 1.82) is 0 Å². The van der Waals surface area contributed by atoms with Crippen molar-refractivity contribution in [1.82, 2.24) is 0 Å². The van der Waals surface area contributed by atoms with Crippen LogP contribution in [0.3, 0.4) is 0 Å². The predicted octanol–water partition coefficient (Wildman–Crippen LogP) is 4.77. The average Bonchev–Trinajstić information content (AvgIpc) is 2.36. The third kappa shape index (κ3) is 2.96. The molecule has 104 valence electrons. The van der Waals surface area contributed by atoms with Crippen LogP contribution in [0, 0.1) is 17.5 Å². The molecule has 2 nitrogen and oxygen atoms in total. The van der Waals surface area contributed by atoms with Crippen molar-refractivity contribution in [3.8, 4) is 0 Å². The number of rotatable bonds is 2. The average molecular weight is 365 g/mol. The van der Waals surface area contributed by atoms with Gasteiger partial charge in [0.05, 0.1) is 10.6 Å². The van der Waals surface area contributed by atoms with Gasteiger partial charge in [0.15, 0.2) is 11.6 Å². The van der Waals surface area contributed by atoms with Gasteiger partial charge >= 0.3 is 0 Å². The first-order valence-corrected chi connectivity index (χ1v) is 6.47. The molecule has 0 unspecified atom stereocenters. The van der Waals surface area contributed by atoms with Gasteiger partial charge in [0.2, 0.25) is 0 Å². The Labute approximate surface area is 125 Å². The Kier molecular flexibility index (Phi) is 4.35. The Morgan fingerprint density at radius 2 is 1.70 bits per heavy atom. The number of amides is 1. The van der Waals surface area contributed by atoms with Gasteiger partial charge in [-0.15, -0.1) is 0 Å². The topological polar surface area (TPSA) is 29.1 Å². The maximum Gasteiger partial charge on any atom is 0.257 e. The summed E-state index contributed by atoms with van der Waals surface area (Å²) in [6.45, 7) is 0. The van der Waals surface area contributed by atoms with Gasteiger partial charge < -0.3 is 5.32 Å². The fourth-order valence-electron chi connectivity index (χ4n) is 1.52. The van der Waals surface area contributed by atoms with Crippen LogP contribution < -0.4 is 5.32 Å². The van der Waals surface area contributed by atoms with Gasteiger partial charge in [0.1, 0.15) is 11.5 Å². The van der Waals surface area contributed by atoms with Gasteiger partial charge in [-0.25, -0.2) is 13.2 Å². The van der Waals surface area contributed by atoms with E-state index in [1.165, 1.54) is 12.1 Å².